The van der Waals surface area contributed by atoms with Gasteiger partial charge in [0.1, 0.15) is 5.82 Å². The van der Waals surface area contributed by atoms with Crippen molar-refractivity contribution in [2.24, 2.45) is 0 Å². The molecule has 0 fully saturated rings. The van der Waals surface area contributed by atoms with Gasteiger partial charge in [0.2, 0.25) is 11.8 Å². The molecule has 1 aromatic heterocycles. The number of hydrogen-bond acceptors (Lipinski definition) is 4. The predicted molar refractivity (Wildman–Crippen MR) is 76.5 cm³/mol. The van der Waals surface area contributed by atoms with Crippen molar-refractivity contribution in [1.29, 1.82) is 0 Å². The number of rotatable bonds is 4. The van der Waals surface area contributed by atoms with Gasteiger partial charge in [0.15, 0.2) is 0 Å². The lowest BCUT2D eigenvalue weighted by atomic mass is 10.1. The van der Waals surface area contributed by atoms with E-state index in [1.165, 1.54) is 6.07 Å². The lowest BCUT2D eigenvalue weighted by Crippen LogP contribution is -2.10. The molecule has 0 saturated carbocycles. The largest absolute Gasteiger partial charge is 0.481 e. The van der Waals surface area contributed by atoms with Crippen LogP contribution in [0.25, 0.3) is 0 Å². The Labute approximate surface area is 118 Å². The number of anilines is 1. The molecule has 0 aliphatic carbocycles. The van der Waals surface area contributed by atoms with Gasteiger partial charge >= 0.3 is 0 Å². The molecule has 0 bridgehead atoms. The van der Waals surface area contributed by atoms with Gasteiger partial charge in [-0.05, 0) is 38.0 Å². The molecule has 0 spiro atoms. The molecule has 1 atom stereocenters. The first-order valence-electron chi connectivity index (χ1n) is 6.42. The van der Waals surface area contributed by atoms with Gasteiger partial charge in [-0.3, -0.25) is 0 Å². The fourth-order valence-corrected chi connectivity index (χ4v) is 1.86. The molecule has 2 rings (SSSR count). The summed E-state index contributed by atoms with van der Waals surface area (Å²) < 4.78 is 18.7. The number of nitrogens with one attached hydrogen (secondary N) is 1. The molecule has 0 saturated heterocycles. The maximum absolute atomic E-state index is 13.6. The van der Waals surface area contributed by atoms with E-state index in [1.54, 1.807) is 26.2 Å². The molecular formula is C15H18FN3O. The minimum atomic E-state index is -0.209. The molecule has 0 aliphatic rings. The van der Waals surface area contributed by atoms with Crippen LogP contribution in [0.1, 0.15) is 29.8 Å². The Balaban J connectivity index is 2.20. The highest BCUT2D eigenvalue weighted by Gasteiger charge is 2.10. The third-order valence-electron chi connectivity index (χ3n) is 3.08. The zero-order valence-corrected chi connectivity index (χ0v) is 12.1. The molecule has 106 valence electrons. The first-order chi connectivity index (χ1) is 9.49. The van der Waals surface area contributed by atoms with Gasteiger partial charge in [-0.1, -0.05) is 12.1 Å². The average molecular weight is 275 g/mol. The van der Waals surface area contributed by atoms with Crippen LogP contribution in [0.5, 0.6) is 5.88 Å². The Kier molecular flexibility index (Phi) is 4.17. The van der Waals surface area contributed by atoms with Crippen LogP contribution < -0.4 is 10.1 Å². The van der Waals surface area contributed by atoms with Gasteiger partial charge in [-0.2, -0.15) is 4.98 Å². The summed E-state index contributed by atoms with van der Waals surface area (Å²) in [5, 5.41) is 3.15. The third kappa shape index (κ3) is 3.23. The molecule has 1 unspecified atom stereocenters. The van der Waals surface area contributed by atoms with E-state index < -0.39 is 0 Å². The van der Waals surface area contributed by atoms with Gasteiger partial charge in [-0.15, -0.1) is 0 Å². The van der Waals surface area contributed by atoms with Crippen LogP contribution >= 0.6 is 0 Å². The molecule has 1 N–H and O–H groups in total. The van der Waals surface area contributed by atoms with Gasteiger partial charge < -0.3 is 10.1 Å². The summed E-state index contributed by atoms with van der Waals surface area (Å²) in [4.78, 5) is 8.51. The normalized spacial score (nSPS) is 12.1. The van der Waals surface area contributed by atoms with E-state index in [0.717, 1.165) is 11.3 Å². The average Bonchev–Trinajstić information content (AvgIpc) is 2.41. The van der Waals surface area contributed by atoms with Crippen LogP contribution in [0.3, 0.4) is 0 Å². The van der Waals surface area contributed by atoms with Crippen molar-refractivity contribution < 1.29 is 9.13 Å². The number of methoxy groups -OCH3 is 1. The van der Waals surface area contributed by atoms with Crippen molar-refractivity contribution in [3.05, 3.63) is 46.9 Å². The second kappa shape index (κ2) is 5.86. The summed E-state index contributed by atoms with van der Waals surface area (Å²) >= 11 is 0. The zero-order valence-electron chi connectivity index (χ0n) is 12.1. The lowest BCUT2D eigenvalue weighted by molar-refractivity contribution is 0.397. The van der Waals surface area contributed by atoms with Crippen LogP contribution in [-0.4, -0.2) is 17.1 Å². The number of aromatic nitrogens is 2. The van der Waals surface area contributed by atoms with Crippen LogP contribution in [0.15, 0.2) is 24.3 Å². The molecule has 1 aromatic carbocycles. The first kappa shape index (κ1) is 14.2. The zero-order chi connectivity index (χ0) is 14.7. The lowest BCUT2D eigenvalue weighted by Gasteiger charge is -2.15. The summed E-state index contributed by atoms with van der Waals surface area (Å²) in [6.07, 6.45) is 0. The standard InChI is InChI=1S/C15H18FN3O/c1-9-5-6-12(8-13(9)16)11(3)18-15-17-10(2)7-14(19-15)20-4/h5-8,11H,1-4H3,(H,17,18,19). The monoisotopic (exact) mass is 275 g/mol. The van der Waals surface area contributed by atoms with Crippen LogP contribution in [-0.2, 0) is 0 Å². The van der Waals surface area contributed by atoms with Crippen LogP contribution in [0.4, 0.5) is 10.3 Å². The van der Waals surface area contributed by atoms with Crippen molar-refractivity contribution in [1.82, 2.24) is 9.97 Å². The number of halogens is 1. The van der Waals surface area contributed by atoms with Crippen LogP contribution in [0.2, 0.25) is 0 Å². The molecule has 2 aromatic rings. The first-order valence-corrected chi connectivity index (χ1v) is 6.42. The third-order valence-corrected chi connectivity index (χ3v) is 3.08. The van der Waals surface area contributed by atoms with E-state index in [9.17, 15) is 4.39 Å². The van der Waals surface area contributed by atoms with Gasteiger partial charge in [0.05, 0.1) is 13.2 Å². The van der Waals surface area contributed by atoms with E-state index in [4.69, 9.17) is 4.74 Å². The molecule has 0 amide bonds. The quantitative estimate of drug-likeness (QED) is 0.928. The number of nitrogens with zero attached hydrogens (tertiary/aromatic N) is 2. The Morgan fingerprint density at radius 2 is 1.95 bits per heavy atom. The van der Waals surface area contributed by atoms with E-state index in [1.807, 2.05) is 19.9 Å². The molecule has 0 radical (unpaired) electrons. The van der Waals surface area contributed by atoms with E-state index in [-0.39, 0.29) is 11.9 Å². The Morgan fingerprint density at radius 1 is 1.20 bits per heavy atom. The van der Waals surface area contributed by atoms with Crippen molar-refractivity contribution >= 4 is 5.95 Å². The molecular weight excluding hydrogens is 257 g/mol. The highest BCUT2D eigenvalue weighted by molar-refractivity contribution is 5.35. The molecule has 0 aliphatic heterocycles. The highest BCUT2D eigenvalue weighted by atomic mass is 19.1. The van der Waals surface area contributed by atoms with Crippen molar-refractivity contribution in [3.8, 4) is 5.88 Å². The fourth-order valence-electron chi connectivity index (χ4n) is 1.86. The second-order valence-corrected chi connectivity index (χ2v) is 4.75. The summed E-state index contributed by atoms with van der Waals surface area (Å²) in [6.45, 7) is 5.54. The molecule has 4 nitrogen and oxygen atoms in total. The number of ether oxygens (including phenoxy) is 1. The number of benzene rings is 1. The van der Waals surface area contributed by atoms with Crippen LogP contribution in [0, 0.1) is 19.7 Å². The smallest absolute Gasteiger partial charge is 0.226 e. The summed E-state index contributed by atoms with van der Waals surface area (Å²) in [6, 6.07) is 6.84. The Morgan fingerprint density at radius 3 is 2.60 bits per heavy atom. The summed E-state index contributed by atoms with van der Waals surface area (Å²) in [7, 11) is 1.56. The maximum Gasteiger partial charge on any atom is 0.226 e. The van der Waals surface area contributed by atoms with Gasteiger partial charge in [0.25, 0.3) is 0 Å². The predicted octanol–water partition coefficient (Wildman–Crippen LogP) is 3.41. The van der Waals surface area contributed by atoms with Gasteiger partial charge in [0, 0.05) is 11.8 Å². The van der Waals surface area contributed by atoms with E-state index in [0.29, 0.717) is 17.4 Å². The Hall–Kier alpha value is -2.17. The minimum absolute atomic E-state index is 0.100. The molecule has 1 heterocycles. The maximum atomic E-state index is 13.6. The van der Waals surface area contributed by atoms with Crippen molar-refractivity contribution in [2.75, 3.05) is 12.4 Å². The summed E-state index contributed by atoms with van der Waals surface area (Å²) in [5.41, 5.74) is 2.29. The number of hydrogen-bond donors (Lipinski definition) is 1. The molecule has 20 heavy (non-hydrogen) atoms. The second-order valence-electron chi connectivity index (χ2n) is 4.75. The number of aryl methyl sites for hydroxylation is 2. The van der Waals surface area contributed by atoms with E-state index in [2.05, 4.69) is 15.3 Å². The highest BCUT2D eigenvalue weighted by Crippen LogP contribution is 2.20. The van der Waals surface area contributed by atoms with Gasteiger partial charge in [-0.25, -0.2) is 9.37 Å². The Bertz CT molecular complexity index is 616. The topological polar surface area (TPSA) is 47.0 Å². The minimum Gasteiger partial charge on any atom is -0.481 e. The van der Waals surface area contributed by atoms with E-state index >= 15 is 0 Å². The van der Waals surface area contributed by atoms with Crippen molar-refractivity contribution in [2.45, 2.75) is 26.8 Å². The summed E-state index contributed by atoms with van der Waals surface area (Å²) in [5.74, 6) is 0.761. The molecule has 5 heteroatoms. The SMILES string of the molecule is COc1cc(C)nc(NC(C)c2ccc(C)c(F)c2)n1. The van der Waals surface area contributed by atoms with Crippen molar-refractivity contribution in [3.63, 3.8) is 0 Å². The fraction of sp³-hybridized carbons (Fsp3) is 0.333.